The average molecular weight is 882 g/mol. The number of hydrogen-bond acceptors (Lipinski definition) is 4. The standard InChI is InChI=1S/C63H39N5O/c1-3-17-45(54-23-9-11-34-64-54)43(15-1)40-28-31-58-51(37-40)48-20-6-8-26-57(48)68(58)56-25-7-5-19-47(56)49-21-13-22-50-52-39-42(30-33-61(52)69-63(49)50)67-59-32-29-41(38-53(59)62-60(67)27-14-36-66-62)44-16-2-4-18-46(44)55-24-10-12-35-65-55/h1-39H. The fourth-order valence-electron chi connectivity index (χ4n) is 10.7. The SMILES string of the molecule is c1ccc(-c2ccccc2-c2ccc3c(c2)c2ccccc2n3-c2ccccc2-c2cccc3c2oc2ccc(-n4c5ccc(-c6ccccc6-c6ccccn6)cc5c5ncccc54)cc23)nc1. The molecule has 0 unspecified atom stereocenters. The predicted molar refractivity (Wildman–Crippen MR) is 283 cm³/mol. The monoisotopic (exact) mass is 881 g/mol. The van der Waals surface area contributed by atoms with E-state index in [1.807, 2.05) is 48.9 Å². The number of fused-ring (bicyclic) bond motifs is 9. The van der Waals surface area contributed by atoms with Crippen LogP contribution in [0.3, 0.4) is 0 Å². The lowest BCUT2D eigenvalue weighted by Crippen LogP contribution is -1.97. The number of aromatic nitrogens is 5. The molecule has 6 aromatic heterocycles. The molecule has 0 aliphatic heterocycles. The molecule has 0 aliphatic carbocycles. The van der Waals surface area contributed by atoms with Crippen molar-refractivity contribution in [2.24, 2.45) is 0 Å². The lowest BCUT2D eigenvalue weighted by molar-refractivity contribution is 0.670. The third-order valence-electron chi connectivity index (χ3n) is 13.7. The maximum Gasteiger partial charge on any atom is 0.143 e. The number of nitrogens with zero attached hydrogens (tertiary/aromatic N) is 5. The number of furan rings is 1. The highest BCUT2D eigenvalue weighted by Crippen LogP contribution is 2.44. The number of para-hydroxylation sites is 3. The van der Waals surface area contributed by atoms with E-state index in [1.165, 1.54) is 10.8 Å². The number of benzene rings is 8. The molecule has 322 valence electrons. The highest BCUT2D eigenvalue weighted by molar-refractivity contribution is 6.14. The molecule has 0 fully saturated rings. The molecular formula is C63H39N5O. The summed E-state index contributed by atoms with van der Waals surface area (Å²) in [7, 11) is 0. The summed E-state index contributed by atoms with van der Waals surface area (Å²) in [5.41, 5.74) is 19.9. The summed E-state index contributed by atoms with van der Waals surface area (Å²) >= 11 is 0. The molecule has 0 saturated heterocycles. The minimum Gasteiger partial charge on any atom is -0.455 e. The lowest BCUT2D eigenvalue weighted by Gasteiger charge is -2.15. The molecule has 69 heavy (non-hydrogen) atoms. The number of rotatable bonds is 7. The molecule has 8 aromatic carbocycles. The molecule has 0 aliphatic rings. The van der Waals surface area contributed by atoms with E-state index in [-0.39, 0.29) is 0 Å². The lowest BCUT2D eigenvalue weighted by atomic mass is 9.96. The van der Waals surface area contributed by atoms with Crippen molar-refractivity contribution < 1.29 is 4.42 Å². The van der Waals surface area contributed by atoms with Gasteiger partial charge in [-0.2, -0.15) is 0 Å². The first-order valence-electron chi connectivity index (χ1n) is 23.2. The van der Waals surface area contributed by atoms with Crippen molar-refractivity contribution in [2.75, 3.05) is 0 Å². The summed E-state index contributed by atoms with van der Waals surface area (Å²) in [6, 6.07) is 77.4. The fourth-order valence-corrected chi connectivity index (χ4v) is 10.7. The summed E-state index contributed by atoms with van der Waals surface area (Å²) in [6.07, 6.45) is 5.59. The van der Waals surface area contributed by atoms with Crippen molar-refractivity contribution in [1.82, 2.24) is 24.1 Å². The quantitative estimate of drug-likeness (QED) is 0.160. The van der Waals surface area contributed by atoms with Gasteiger partial charge in [0.25, 0.3) is 0 Å². The van der Waals surface area contributed by atoms with Crippen molar-refractivity contribution >= 4 is 65.7 Å². The van der Waals surface area contributed by atoms with E-state index in [1.54, 1.807) is 0 Å². The van der Waals surface area contributed by atoms with Crippen LogP contribution in [0.5, 0.6) is 0 Å². The van der Waals surface area contributed by atoms with Gasteiger partial charge >= 0.3 is 0 Å². The Balaban J connectivity index is 0.901. The van der Waals surface area contributed by atoms with Crippen molar-refractivity contribution in [3.63, 3.8) is 0 Å². The van der Waals surface area contributed by atoms with Crippen LogP contribution in [0.2, 0.25) is 0 Å². The van der Waals surface area contributed by atoms with Crippen molar-refractivity contribution in [2.45, 2.75) is 0 Å². The molecule has 0 bridgehead atoms. The molecule has 14 rings (SSSR count). The third kappa shape index (κ3) is 6.16. The van der Waals surface area contributed by atoms with Crippen LogP contribution in [-0.4, -0.2) is 24.1 Å². The molecule has 6 heteroatoms. The van der Waals surface area contributed by atoms with Crippen molar-refractivity contribution in [1.29, 1.82) is 0 Å². The topological polar surface area (TPSA) is 61.7 Å². The third-order valence-corrected chi connectivity index (χ3v) is 13.7. The minimum absolute atomic E-state index is 0.835. The highest BCUT2D eigenvalue weighted by atomic mass is 16.3. The van der Waals surface area contributed by atoms with Gasteiger partial charge in [-0.05, 0) is 113 Å². The van der Waals surface area contributed by atoms with Gasteiger partial charge in [-0.25, -0.2) is 0 Å². The van der Waals surface area contributed by atoms with Crippen LogP contribution < -0.4 is 0 Å². The van der Waals surface area contributed by atoms with Gasteiger partial charge in [0.05, 0.1) is 44.7 Å². The van der Waals surface area contributed by atoms with Gasteiger partial charge < -0.3 is 13.6 Å². The summed E-state index contributed by atoms with van der Waals surface area (Å²) in [4.78, 5) is 14.4. The number of pyridine rings is 3. The Labute approximate surface area is 396 Å². The molecule has 0 atom stereocenters. The Kier molecular flexibility index (Phi) is 8.79. The first-order valence-corrected chi connectivity index (χ1v) is 23.2. The molecule has 14 aromatic rings. The van der Waals surface area contributed by atoms with Gasteiger partial charge in [0.1, 0.15) is 11.2 Å². The van der Waals surface area contributed by atoms with Gasteiger partial charge in [0.15, 0.2) is 0 Å². The summed E-state index contributed by atoms with van der Waals surface area (Å²) in [5.74, 6) is 0. The first kappa shape index (κ1) is 38.8. The van der Waals surface area contributed by atoms with Gasteiger partial charge in [-0.3, -0.25) is 15.0 Å². The van der Waals surface area contributed by atoms with Gasteiger partial charge in [0, 0.05) is 73.5 Å². The Morgan fingerprint density at radius 2 is 0.884 bits per heavy atom. The Bertz CT molecular complexity index is 4320. The summed E-state index contributed by atoms with van der Waals surface area (Å²) in [5, 5.41) is 5.58. The van der Waals surface area contributed by atoms with Crippen LogP contribution in [-0.2, 0) is 0 Å². The maximum absolute atomic E-state index is 6.92. The van der Waals surface area contributed by atoms with Gasteiger partial charge in [-0.1, -0.05) is 127 Å². The van der Waals surface area contributed by atoms with Crippen LogP contribution in [0.1, 0.15) is 0 Å². The van der Waals surface area contributed by atoms with E-state index < -0.39 is 0 Å². The van der Waals surface area contributed by atoms with Gasteiger partial charge in [-0.15, -0.1) is 0 Å². The van der Waals surface area contributed by atoms with Crippen molar-refractivity contribution in [3.05, 3.63) is 237 Å². The summed E-state index contributed by atoms with van der Waals surface area (Å²) < 4.78 is 11.7. The molecule has 6 nitrogen and oxygen atoms in total. The van der Waals surface area contributed by atoms with E-state index in [9.17, 15) is 0 Å². The van der Waals surface area contributed by atoms with Crippen LogP contribution in [0.4, 0.5) is 0 Å². The second-order valence-electron chi connectivity index (χ2n) is 17.5. The Morgan fingerprint density at radius 1 is 0.319 bits per heavy atom. The highest BCUT2D eigenvalue weighted by Gasteiger charge is 2.22. The molecular weight excluding hydrogens is 843 g/mol. The largest absolute Gasteiger partial charge is 0.455 e. The second-order valence-corrected chi connectivity index (χ2v) is 17.5. The van der Waals surface area contributed by atoms with E-state index in [2.05, 4.69) is 202 Å². The maximum atomic E-state index is 6.92. The van der Waals surface area contributed by atoms with E-state index >= 15 is 0 Å². The zero-order valence-corrected chi connectivity index (χ0v) is 37.2. The fraction of sp³-hybridized carbons (Fsp3) is 0. The van der Waals surface area contributed by atoms with Crippen LogP contribution in [0.25, 0.3) is 133 Å². The number of hydrogen-bond donors (Lipinski definition) is 0. The molecule has 0 radical (unpaired) electrons. The Hall–Kier alpha value is -9.39. The summed E-state index contributed by atoms with van der Waals surface area (Å²) in [6.45, 7) is 0. The van der Waals surface area contributed by atoms with Crippen LogP contribution in [0, 0.1) is 0 Å². The molecule has 0 N–H and O–H groups in total. The smallest absolute Gasteiger partial charge is 0.143 e. The second kappa shape index (κ2) is 15.6. The van der Waals surface area contributed by atoms with Crippen molar-refractivity contribution in [3.8, 4) is 67.3 Å². The van der Waals surface area contributed by atoms with Crippen LogP contribution in [0.15, 0.2) is 241 Å². The molecule has 0 spiro atoms. The normalized spacial score (nSPS) is 11.8. The van der Waals surface area contributed by atoms with E-state index in [0.29, 0.717) is 0 Å². The molecule has 0 amide bonds. The van der Waals surface area contributed by atoms with E-state index in [0.717, 1.165) is 122 Å². The van der Waals surface area contributed by atoms with Crippen LogP contribution >= 0.6 is 0 Å². The average Bonchev–Trinajstić information content (AvgIpc) is 4.08. The Morgan fingerprint density at radius 3 is 1.61 bits per heavy atom. The predicted octanol–water partition coefficient (Wildman–Crippen LogP) is 16.3. The first-order chi connectivity index (χ1) is 34.2. The minimum atomic E-state index is 0.835. The zero-order valence-electron chi connectivity index (χ0n) is 37.2. The molecule has 6 heterocycles. The van der Waals surface area contributed by atoms with E-state index in [4.69, 9.17) is 14.4 Å². The van der Waals surface area contributed by atoms with Gasteiger partial charge in [0.2, 0.25) is 0 Å². The zero-order chi connectivity index (χ0) is 45.4. The molecule has 0 saturated carbocycles.